The highest BCUT2D eigenvalue weighted by Crippen LogP contribution is 2.09. The van der Waals surface area contributed by atoms with Crippen LogP contribution in [0, 0.1) is 0 Å². The number of carbonyl (C=O) groups is 1. The van der Waals surface area contributed by atoms with Gasteiger partial charge in [-0.1, -0.05) is 69.0 Å². The molecule has 2 rings (SSSR count). The molecule has 0 radical (unpaired) electrons. The molecule has 1 heterocycles. The topological polar surface area (TPSA) is 23.6 Å². The van der Waals surface area contributed by atoms with Crippen molar-refractivity contribution >= 4 is 5.91 Å². The highest BCUT2D eigenvalue weighted by Gasteiger charge is 2.19. The third kappa shape index (κ3) is 6.88. The van der Waals surface area contributed by atoms with Crippen molar-refractivity contribution in [2.24, 2.45) is 0 Å². The molecule has 1 aliphatic rings. The van der Waals surface area contributed by atoms with Crippen LogP contribution in [-0.2, 0) is 11.3 Å². The number of rotatable bonds is 9. The van der Waals surface area contributed by atoms with Gasteiger partial charge in [-0.05, 0) is 24.5 Å². The monoisotopic (exact) mass is 328 g/mol. The molecule has 0 bridgehead atoms. The van der Waals surface area contributed by atoms with E-state index in [0.29, 0.717) is 0 Å². The zero-order valence-electron chi connectivity index (χ0n) is 15.1. The molecule has 0 unspecified atom stereocenters. The zero-order chi connectivity index (χ0) is 17.0. The van der Waals surface area contributed by atoms with Crippen molar-refractivity contribution in [1.29, 1.82) is 0 Å². The van der Waals surface area contributed by atoms with Gasteiger partial charge in [0.15, 0.2) is 0 Å². The third-order valence-electron chi connectivity index (χ3n) is 4.67. The summed E-state index contributed by atoms with van der Waals surface area (Å²) in [5.74, 6) is 0.183. The van der Waals surface area contributed by atoms with Crippen LogP contribution in [0.25, 0.3) is 0 Å². The van der Waals surface area contributed by atoms with Crippen molar-refractivity contribution in [1.82, 2.24) is 9.80 Å². The average molecular weight is 329 g/mol. The number of hydrogen-bond donors (Lipinski definition) is 0. The Morgan fingerprint density at radius 2 is 1.71 bits per heavy atom. The fraction of sp³-hybridized carbons (Fsp3) is 0.571. The van der Waals surface area contributed by atoms with Crippen LogP contribution in [0.4, 0.5) is 0 Å². The van der Waals surface area contributed by atoms with E-state index in [1.54, 1.807) is 6.08 Å². The molecule has 0 aromatic heterocycles. The lowest BCUT2D eigenvalue weighted by Crippen LogP contribution is -2.47. The van der Waals surface area contributed by atoms with Crippen LogP contribution in [0.3, 0.4) is 0 Å². The minimum absolute atomic E-state index is 0.183. The van der Waals surface area contributed by atoms with Crippen molar-refractivity contribution in [2.75, 3.05) is 26.2 Å². The fourth-order valence-electron chi connectivity index (χ4n) is 3.12. The Labute approximate surface area is 147 Å². The Hall–Kier alpha value is -1.61. The summed E-state index contributed by atoms with van der Waals surface area (Å²) >= 11 is 0. The number of piperazine rings is 1. The second-order valence-corrected chi connectivity index (χ2v) is 6.69. The molecule has 132 valence electrons. The standard InChI is InChI=1S/C21H32N2O/c1-2-3-4-5-6-7-11-14-21(24)23-17-15-22(16-18-23)19-20-12-9-8-10-13-20/h8-14H,2-7,15-19H2,1H3/b14-11+. The van der Waals surface area contributed by atoms with E-state index >= 15 is 0 Å². The number of hydrogen-bond acceptors (Lipinski definition) is 2. The number of amides is 1. The zero-order valence-corrected chi connectivity index (χ0v) is 15.1. The van der Waals surface area contributed by atoms with Gasteiger partial charge >= 0.3 is 0 Å². The molecule has 1 fully saturated rings. The van der Waals surface area contributed by atoms with Crippen LogP contribution in [-0.4, -0.2) is 41.9 Å². The summed E-state index contributed by atoms with van der Waals surface area (Å²) in [6, 6.07) is 10.6. The van der Waals surface area contributed by atoms with Gasteiger partial charge in [0.1, 0.15) is 0 Å². The van der Waals surface area contributed by atoms with Crippen molar-refractivity contribution in [3.05, 3.63) is 48.0 Å². The molecule has 0 spiro atoms. The second-order valence-electron chi connectivity index (χ2n) is 6.69. The Bertz CT molecular complexity index is 490. The van der Waals surface area contributed by atoms with E-state index in [4.69, 9.17) is 0 Å². The van der Waals surface area contributed by atoms with Gasteiger partial charge in [0.25, 0.3) is 0 Å². The van der Waals surface area contributed by atoms with Crippen molar-refractivity contribution in [3.8, 4) is 0 Å². The molecule has 0 N–H and O–H groups in total. The van der Waals surface area contributed by atoms with Gasteiger partial charge in [0.2, 0.25) is 5.91 Å². The normalized spacial score (nSPS) is 16.0. The van der Waals surface area contributed by atoms with E-state index in [1.165, 1.54) is 37.7 Å². The molecule has 0 aliphatic carbocycles. The molecule has 1 saturated heterocycles. The summed E-state index contributed by atoms with van der Waals surface area (Å²) in [5, 5.41) is 0. The molecule has 0 atom stereocenters. The first-order valence-corrected chi connectivity index (χ1v) is 9.51. The first kappa shape index (κ1) is 18.7. The third-order valence-corrected chi connectivity index (χ3v) is 4.67. The second kappa shape index (κ2) is 11.0. The Balaban J connectivity index is 1.61. The number of unbranched alkanes of at least 4 members (excludes halogenated alkanes) is 5. The van der Waals surface area contributed by atoms with E-state index in [0.717, 1.165) is 39.1 Å². The van der Waals surface area contributed by atoms with E-state index in [2.05, 4.69) is 48.2 Å². The van der Waals surface area contributed by atoms with Crippen molar-refractivity contribution in [2.45, 2.75) is 52.0 Å². The maximum Gasteiger partial charge on any atom is 0.246 e. The quantitative estimate of drug-likeness (QED) is 0.500. The SMILES string of the molecule is CCCCCCC/C=C/C(=O)N1CCN(Cc2ccccc2)CC1. The van der Waals surface area contributed by atoms with Gasteiger partial charge in [0, 0.05) is 32.7 Å². The van der Waals surface area contributed by atoms with E-state index in [1.807, 2.05) is 4.90 Å². The van der Waals surface area contributed by atoms with E-state index in [9.17, 15) is 4.79 Å². The van der Waals surface area contributed by atoms with Crippen LogP contribution in [0.1, 0.15) is 51.0 Å². The van der Waals surface area contributed by atoms with Crippen molar-refractivity contribution < 1.29 is 4.79 Å². The minimum Gasteiger partial charge on any atom is -0.337 e. The smallest absolute Gasteiger partial charge is 0.246 e. The summed E-state index contributed by atoms with van der Waals surface area (Å²) in [5.41, 5.74) is 1.35. The molecule has 1 aromatic rings. The maximum atomic E-state index is 12.2. The molecule has 1 aromatic carbocycles. The van der Waals surface area contributed by atoms with E-state index < -0.39 is 0 Å². The van der Waals surface area contributed by atoms with Gasteiger partial charge in [-0.25, -0.2) is 0 Å². The molecule has 1 aliphatic heterocycles. The van der Waals surface area contributed by atoms with Crippen molar-refractivity contribution in [3.63, 3.8) is 0 Å². The molecular formula is C21H32N2O. The molecule has 24 heavy (non-hydrogen) atoms. The first-order valence-electron chi connectivity index (χ1n) is 9.51. The van der Waals surface area contributed by atoms with Gasteiger partial charge in [0.05, 0.1) is 0 Å². The van der Waals surface area contributed by atoms with E-state index in [-0.39, 0.29) is 5.91 Å². The molecule has 3 nitrogen and oxygen atoms in total. The molecular weight excluding hydrogens is 296 g/mol. The summed E-state index contributed by atoms with van der Waals surface area (Å²) in [7, 11) is 0. The fourth-order valence-corrected chi connectivity index (χ4v) is 3.12. The van der Waals surface area contributed by atoms with Gasteiger partial charge in [-0.2, -0.15) is 0 Å². The number of nitrogens with zero attached hydrogens (tertiary/aromatic N) is 2. The Morgan fingerprint density at radius 1 is 1.00 bits per heavy atom. The summed E-state index contributed by atoms with van der Waals surface area (Å²) in [6.45, 7) is 6.82. The van der Waals surface area contributed by atoms with Crippen LogP contribution >= 0.6 is 0 Å². The van der Waals surface area contributed by atoms with Crippen LogP contribution < -0.4 is 0 Å². The lowest BCUT2D eigenvalue weighted by Gasteiger charge is -2.34. The van der Waals surface area contributed by atoms with Gasteiger partial charge < -0.3 is 4.90 Å². The number of carbonyl (C=O) groups excluding carboxylic acids is 1. The summed E-state index contributed by atoms with van der Waals surface area (Å²) < 4.78 is 0. The molecule has 0 saturated carbocycles. The highest BCUT2D eigenvalue weighted by molar-refractivity contribution is 5.87. The van der Waals surface area contributed by atoms with Gasteiger partial charge in [-0.15, -0.1) is 0 Å². The summed E-state index contributed by atoms with van der Waals surface area (Å²) in [6.07, 6.45) is 11.3. The molecule has 1 amide bonds. The van der Waals surface area contributed by atoms with Gasteiger partial charge in [-0.3, -0.25) is 9.69 Å². The molecule has 3 heteroatoms. The van der Waals surface area contributed by atoms with Crippen LogP contribution in [0.2, 0.25) is 0 Å². The first-order chi connectivity index (χ1) is 11.8. The Kier molecular flexibility index (Phi) is 8.61. The average Bonchev–Trinajstić information content (AvgIpc) is 2.62. The maximum absolute atomic E-state index is 12.2. The van der Waals surface area contributed by atoms with Crippen LogP contribution in [0.15, 0.2) is 42.5 Å². The Morgan fingerprint density at radius 3 is 2.42 bits per heavy atom. The highest BCUT2D eigenvalue weighted by atomic mass is 16.2. The summed E-state index contributed by atoms with van der Waals surface area (Å²) in [4.78, 5) is 16.6. The number of allylic oxidation sites excluding steroid dienone is 1. The predicted molar refractivity (Wildman–Crippen MR) is 101 cm³/mol. The lowest BCUT2D eigenvalue weighted by atomic mass is 10.1. The largest absolute Gasteiger partial charge is 0.337 e. The predicted octanol–water partition coefficient (Wildman–Crippen LogP) is 4.25. The number of benzene rings is 1. The lowest BCUT2D eigenvalue weighted by molar-refractivity contribution is -0.127. The van der Waals surface area contributed by atoms with Crippen LogP contribution in [0.5, 0.6) is 0 Å². The minimum atomic E-state index is 0.183.